The summed E-state index contributed by atoms with van der Waals surface area (Å²) in [6, 6.07) is 12.0. The van der Waals surface area contributed by atoms with Crippen molar-refractivity contribution in [1.29, 1.82) is 0 Å². The van der Waals surface area contributed by atoms with Crippen molar-refractivity contribution in [3.05, 3.63) is 64.2 Å². The SMILES string of the molecule is CC(=O)CSc1ccccc1C(=O)OCC(=O)Nc1cccc([N+](=O)[O-])c1. The molecule has 0 heterocycles. The Morgan fingerprint density at radius 2 is 1.89 bits per heavy atom. The lowest BCUT2D eigenvalue weighted by Gasteiger charge is -2.09. The number of carbonyl (C=O) groups excluding carboxylic acids is 3. The Kier molecular flexibility index (Phi) is 7.07. The van der Waals surface area contributed by atoms with Crippen molar-refractivity contribution in [3.63, 3.8) is 0 Å². The van der Waals surface area contributed by atoms with Crippen LogP contribution in [-0.4, -0.2) is 34.9 Å². The third kappa shape index (κ3) is 6.23. The van der Waals surface area contributed by atoms with Gasteiger partial charge in [0.15, 0.2) is 6.61 Å². The van der Waals surface area contributed by atoms with Gasteiger partial charge in [0, 0.05) is 22.7 Å². The zero-order chi connectivity index (χ0) is 19.8. The number of ether oxygens (including phenoxy) is 1. The van der Waals surface area contributed by atoms with E-state index in [0.717, 1.165) is 0 Å². The van der Waals surface area contributed by atoms with Crippen LogP contribution in [-0.2, 0) is 14.3 Å². The van der Waals surface area contributed by atoms with Crippen LogP contribution in [0.4, 0.5) is 11.4 Å². The molecule has 0 unspecified atom stereocenters. The topological polar surface area (TPSA) is 116 Å². The predicted octanol–water partition coefficient (Wildman–Crippen LogP) is 3.07. The molecule has 0 aliphatic heterocycles. The van der Waals surface area contributed by atoms with E-state index in [1.165, 1.54) is 43.0 Å². The van der Waals surface area contributed by atoms with Crippen LogP contribution in [0.1, 0.15) is 17.3 Å². The van der Waals surface area contributed by atoms with Gasteiger partial charge in [-0.2, -0.15) is 0 Å². The van der Waals surface area contributed by atoms with E-state index in [-0.39, 0.29) is 28.5 Å². The number of anilines is 1. The monoisotopic (exact) mass is 388 g/mol. The van der Waals surface area contributed by atoms with Crippen molar-refractivity contribution < 1.29 is 24.0 Å². The number of nitrogens with one attached hydrogen (secondary N) is 1. The fourth-order valence-corrected chi connectivity index (χ4v) is 2.88. The molecule has 0 atom stereocenters. The summed E-state index contributed by atoms with van der Waals surface area (Å²) in [5.41, 5.74) is 0.316. The van der Waals surface area contributed by atoms with E-state index in [1.54, 1.807) is 24.3 Å². The summed E-state index contributed by atoms with van der Waals surface area (Å²) in [5, 5.41) is 13.2. The average Bonchev–Trinajstić information content (AvgIpc) is 2.64. The van der Waals surface area contributed by atoms with Gasteiger partial charge < -0.3 is 10.1 Å². The zero-order valence-electron chi connectivity index (χ0n) is 14.3. The van der Waals surface area contributed by atoms with Gasteiger partial charge in [0.05, 0.1) is 16.2 Å². The summed E-state index contributed by atoms with van der Waals surface area (Å²) >= 11 is 1.21. The zero-order valence-corrected chi connectivity index (χ0v) is 15.2. The maximum atomic E-state index is 12.2. The Balaban J connectivity index is 1.95. The Bertz CT molecular complexity index is 884. The first kappa shape index (κ1) is 20.1. The molecule has 2 aromatic carbocycles. The first-order valence-electron chi connectivity index (χ1n) is 7.79. The summed E-state index contributed by atoms with van der Waals surface area (Å²) in [6.45, 7) is 0.902. The molecule has 0 fully saturated rings. The first-order valence-corrected chi connectivity index (χ1v) is 8.78. The highest BCUT2D eigenvalue weighted by molar-refractivity contribution is 8.00. The number of hydrogen-bond donors (Lipinski definition) is 1. The Hall–Kier alpha value is -3.20. The number of thioether (sulfide) groups is 1. The number of esters is 1. The minimum absolute atomic E-state index is 0.0282. The van der Waals surface area contributed by atoms with E-state index in [9.17, 15) is 24.5 Å². The molecule has 0 aliphatic carbocycles. The van der Waals surface area contributed by atoms with Crippen LogP contribution in [0.2, 0.25) is 0 Å². The number of benzene rings is 2. The molecule has 9 heteroatoms. The van der Waals surface area contributed by atoms with Crippen LogP contribution in [0, 0.1) is 10.1 Å². The third-order valence-corrected chi connectivity index (χ3v) is 4.43. The van der Waals surface area contributed by atoms with Crippen molar-refractivity contribution in [1.82, 2.24) is 0 Å². The lowest BCUT2D eigenvalue weighted by Crippen LogP contribution is -2.21. The minimum atomic E-state index is -0.698. The number of ketones is 1. The molecule has 27 heavy (non-hydrogen) atoms. The fraction of sp³-hybridized carbons (Fsp3) is 0.167. The summed E-state index contributed by atoms with van der Waals surface area (Å²) in [5.74, 6) is -1.13. The second kappa shape index (κ2) is 9.48. The number of Topliss-reactive ketones (excluding diaryl/α,β-unsaturated/α-hetero) is 1. The van der Waals surface area contributed by atoms with Gasteiger partial charge in [0.1, 0.15) is 5.78 Å². The number of carbonyl (C=O) groups is 3. The fourth-order valence-electron chi connectivity index (χ4n) is 2.04. The molecular formula is C18H16N2O6S. The predicted molar refractivity (Wildman–Crippen MR) is 99.9 cm³/mol. The van der Waals surface area contributed by atoms with Crippen LogP contribution in [0.3, 0.4) is 0 Å². The van der Waals surface area contributed by atoms with E-state index >= 15 is 0 Å². The summed E-state index contributed by atoms with van der Waals surface area (Å²) < 4.78 is 5.00. The average molecular weight is 388 g/mol. The Morgan fingerprint density at radius 3 is 2.59 bits per heavy atom. The quantitative estimate of drug-likeness (QED) is 0.320. The molecule has 1 amide bonds. The number of nitrogens with zero attached hydrogens (tertiary/aromatic N) is 1. The standard InChI is InChI=1S/C18H16N2O6S/c1-12(21)11-27-16-8-3-2-7-15(16)18(23)26-10-17(22)19-13-5-4-6-14(9-13)20(24)25/h2-9H,10-11H2,1H3,(H,19,22). The molecule has 8 nitrogen and oxygen atoms in total. The second-order valence-corrected chi connectivity index (χ2v) is 6.44. The van der Waals surface area contributed by atoms with Crippen molar-refractivity contribution in [3.8, 4) is 0 Å². The Morgan fingerprint density at radius 1 is 1.15 bits per heavy atom. The molecule has 0 radical (unpaired) electrons. The van der Waals surface area contributed by atoms with E-state index in [2.05, 4.69) is 5.32 Å². The normalized spacial score (nSPS) is 10.1. The second-order valence-electron chi connectivity index (χ2n) is 5.42. The van der Waals surface area contributed by atoms with E-state index in [1.807, 2.05) is 0 Å². The highest BCUT2D eigenvalue weighted by atomic mass is 32.2. The van der Waals surface area contributed by atoms with Crippen LogP contribution in [0.5, 0.6) is 0 Å². The van der Waals surface area contributed by atoms with Gasteiger partial charge in [0.25, 0.3) is 11.6 Å². The van der Waals surface area contributed by atoms with E-state index in [4.69, 9.17) is 4.74 Å². The molecule has 2 aromatic rings. The van der Waals surface area contributed by atoms with Crippen molar-refractivity contribution in [2.24, 2.45) is 0 Å². The van der Waals surface area contributed by atoms with Crippen LogP contribution in [0.25, 0.3) is 0 Å². The third-order valence-electron chi connectivity index (χ3n) is 3.21. The molecule has 1 N–H and O–H groups in total. The highest BCUT2D eigenvalue weighted by Gasteiger charge is 2.15. The smallest absolute Gasteiger partial charge is 0.339 e. The molecular weight excluding hydrogens is 372 g/mol. The van der Waals surface area contributed by atoms with Crippen molar-refractivity contribution in [2.45, 2.75) is 11.8 Å². The van der Waals surface area contributed by atoms with Crippen LogP contribution < -0.4 is 5.32 Å². The Labute approximate surface area is 159 Å². The highest BCUT2D eigenvalue weighted by Crippen LogP contribution is 2.23. The van der Waals surface area contributed by atoms with Crippen LogP contribution in [0.15, 0.2) is 53.4 Å². The number of nitro groups is 1. The maximum absolute atomic E-state index is 12.2. The van der Waals surface area contributed by atoms with Gasteiger partial charge in [-0.15, -0.1) is 11.8 Å². The van der Waals surface area contributed by atoms with Crippen molar-refractivity contribution >= 4 is 40.8 Å². The number of rotatable bonds is 8. The van der Waals surface area contributed by atoms with Gasteiger partial charge in [-0.25, -0.2) is 4.79 Å². The maximum Gasteiger partial charge on any atom is 0.339 e. The largest absolute Gasteiger partial charge is 0.452 e. The number of hydrogen-bond acceptors (Lipinski definition) is 7. The number of nitro benzene ring substituents is 1. The minimum Gasteiger partial charge on any atom is -0.452 e. The van der Waals surface area contributed by atoms with Gasteiger partial charge in [-0.3, -0.25) is 19.7 Å². The van der Waals surface area contributed by atoms with E-state index < -0.39 is 23.4 Å². The van der Waals surface area contributed by atoms with Gasteiger partial charge in [0.2, 0.25) is 0 Å². The summed E-state index contributed by atoms with van der Waals surface area (Å²) in [6.07, 6.45) is 0. The lowest BCUT2D eigenvalue weighted by atomic mass is 10.2. The molecule has 140 valence electrons. The molecule has 2 rings (SSSR count). The molecule has 0 saturated carbocycles. The van der Waals surface area contributed by atoms with E-state index in [0.29, 0.717) is 4.90 Å². The summed E-state index contributed by atoms with van der Waals surface area (Å²) in [7, 11) is 0. The van der Waals surface area contributed by atoms with Gasteiger partial charge >= 0.3 is 5.97 Å². The molecule has 0 aromatic heterocycles. The molecule has 0 spiro atoms. The summed E-state index contributed by atoms with van der Waals surface area (Å²) in [4.78, 5) is 46.0. The van der Waals surface area contributed by atoms with Gasteiger partial charge in [-0.1, -0.05) is 18.2 Å². The van der Waals surface area contributed by atoms with Crippen molar-refractivity contribution in [2.75, 3.05) is 17.7 Å². The first-order chi connectivity index (χ1) is 12.9. The molecule has 0 aliphatic rings. The lowest BCUT2D eigenvalue weighted by molar-refractivity contribution is -0.384. The number of non-ortho nitro benzene ring substituents is 1. The number of amides is 1. The molecule has 0 saturated heterocycles. The van der Waals surface area contributed by atoms with Gasteiger partial charge in [-0.05, 0) is 25.1 Å². The molecule has 0 bridgehead atoms. The van der Waals surface area contributed by atoms with Crippen LogP contribution >= 0.6 is 11.8 Å².